The molecule has 2 nitrogen and oxygen atoms in total. The number of hydrogen-bond donors (Lipinski definition) is 0. The first-order valence-electron chi connectivity index (χ1n) is 7.55. The van der Waals surface area contributed by atoms with Crippen molar-refractivity contribution in [2.24, 2.45) is 7.05 Å². The van der Waals surface area contributed by atoms with E-state index in [9.17, 15) is 0 Å². The minimum Gasteiger partial charge on any atom is -0.272 e. The van der Waals surface area contributed by atoms with E-state index < -0.39 is 0 Å². The minimum absolute atomic E-state index is 0.581. The van der Waals surface area contributed by atoms with Crippen LogP contribution in [0.2, 0.25) is 0 Å². The van der Waals surface area contributed by atoms with Gasteiger partial charge in [-0.15, -0.1) is 0 Å². The van der Waals surface area contributed by atoms with Gasteiger partial charge >= 0.3 is 0 Å². The molecule has 0 radical (unpaired) electrons. The van der Waals surface area contributed by atoms with Crippen molar-refractivity contribution in [3.8, 4) is 0 Å². The zero-order valence-corrected chi connectivity index (χ0v) is 14.1. The maximum absolute atomic E-state index is 4.05. The summed E-state index contributed by atoms with van der Waals surface area (Å²) in [6, 6.07) is 12.6. The fourth-order valence-corrected chi connectivity index (χ4v) is 1.79. The second-order valence-corrected chi connectivity index (χ2v) is 5.10. The molecule has 0 saturated carbocycles. The fraction of sp³-hybridized carbons (Fsp3) is 0.500. The second-order valence-electron chi connectivity index (χ2n) is 5.10. The molecule has 112 valence electrons. The molecule has 0 unspecified atom stereocenters. The molecule has 1 heterocycles. The van der Waals surface area contributed by atoms with Crippen LogP contribution >= 0.6 is 0 Å². The van der Waals surface area contributed by atoms with Gasteiger partial charge in [-0.3, -0.25) is 4.68 Å². The maximum Gasteiger partial charge on any atom is 0.0492 e. The molecule has 0 amide bonds. The van der Waals surface area contributed by atoms with Gasteiger partial charge in [0.05, 0.1) is 0 Å². The minimum atomic E-state index is 0.581. The molecule has 2 heteroatoms. The van der Waals surface area contributed by atoms with Crippen LogP contribution in [-0.4, -0.2) is 9.78 Å². The van der Waals surface area contributed by atoms with E-state index >= 15 is 0 Å². The highest BCUT2D eigenvalue weighted by molar-refractivity contribution is 5.17. The van der Waals surface area contributed by atoms with Crippen LogP contribution < -0.4 is 0 Å². The van der Waals surface area contributed by atoms with Crippen molar-refractivity contribution in [3.05, 3.63) is 53.9 Å². The number of rotatable bonds is 2. The maximum atomic E-state index is 4.05. The third kappa shape index (κ3) is 6.55. The van der Waals surface area contributed by atoms with Crippen LogP contribution in [0.1, 0.15) is 64.6 Å². The average Bonchev–Trinajstić information content (AvgIpc) is 2.89. The molecule has 2 aromatic rings. The van der Waals surface area contributed by atoms with Crippen LogP contribution in [0.15, 0.2) is 42.6 Å². The third-order valence-electron chi connectivity index (χ3n) is 2.92. The van der Waals surface area contributed by atoms with Gasteiger partial charge in [0.25, 0.3) is 0 Å². The second kappa shape index (κ2) is 10.2. The summed E-state index contributed by atoms with van der Waals surface area (Å²) >= 11 is 0. The summed E-state index contributed by atoms with van der Waals surface area (Å²) in [7, 11) is 1.97. The smallest absolute Gasteiger partial charge is 0.0492 e. The van der Waals surface area contributed by atoms with Gasteiger partial charge in [-0.25, -0.2) is 0 Å². The Morgan fingerprint density at radius 3 is 1.65 bits per heavy atom. The zero-order valence-electron chi connectivity index (χ0n) is 14.1. The van der Waals surface area contributed by atoms with E-state index in [1.807, 2.05) is 43.9 Å². The lowest BCUT2D eigenvalue weighted by Gasteiger charge is -2.02. The first-order chi connectivity index (χ1) is 9.52. The lowest BCUT2D eigenvalue weighted by Crippen LogP contribution is -1.98. The summed E-state index contributed by atoms with van der Waals surface area (Å²) in [6.07, 6.45) is 1.83. The SMILES string of the molecule is CC.CC(C)c1ccccc1.CC(C)c1ccnn1C. The predicted molar refractivity (Wildman–Crippen MR) is 89.2 cm³/mol. The summed E-state index contributed by atoms with van der Waals surface area (Å²) < 4.78 is 1.91. The number of aryl methyl sites for hydroxylation is 1. The summed E-state index contributed by atoms with van der Waals surface area (Å²) in [5, 5.41) is 4.05. The molecular formula is C18H30N2. The summed E-state index contributed by atoms with van der Waals surface area (Å²) in [5.74, 6) is 1.24. The Labute approximate surface area is 124 Å². The Hall–Kier alpha value is -1.57. The Bertz CT molecular complexity index is 441. The van der Waals surface area contributed by atoms with Crippen molar-refractivity contribution < 1.29 is 0 Å². The number of benzene rings is 1. The van der Waals surface area contributed by atoms with E-state index in [0.29, 0.717) is 11.8 Å². The monoisotopic (exact) mass is 274 g/mol. The van der Waals surface area contributed by atoms with Gasteiger partial charge in [0.2, 0.25) is 0 Å². The van der Waals surface area contributed by atoms with Gasteiger partial charge in [-0.1, -0.05) is 71.9 Å². The van der Waals surface area contributed by atoms with Crippen LogP contribution in [0.3, 0.4) is 0 Å². The van der Waals surface area contributed by atoms with E-state index in [2.05, 4.69) is 57.1 Å². The molecule has 0 atom stereocenters. The van der Waals surface area contributed by atoms with E-state index in [0.717, 1.165) is 0 Å². The highest BCUT2D eigenvalue weighted by Gasteiger charge is 2.00. The average molecular weight is 274 g/mol. The lowest BCUT2D eigenvalue weighted by molar-refractivity contribution is 0.669. The Kier molecular flexibility index (Phi) is 9.44. The molecule has 0 N–H and O–H groups in total. The molecule has 0 aliphatic heterocycles. The van der Waals surface area contributed by atoms with Crippen LogP contribution in [-0.2, 0) is 7.05 Å². The van der Waals surface area contributed by atoms with Crippen LogP contribution in [0.25, 0.3) is 0 Å². The molecule has 0 bridgehead atoms. The Balaban J connectivity index is 0.000000321. The molecule has 0 saturated heterocycles. The van der Waals surface area contributed by atoms with Crippen molar-refractivity contribution >= 4 is 0 Å². The quantitative estimate of drug-likeness (QED) is 0.719. The molecule has 2 rings (SSSR count). The Morgan fingerprint density at radius 1 is 0.850 bits per heavy atom. The predicted octanol–water partition coefficient (Wildman–Crippen LogP) is 5.38. The Morgan fingerprint density at radius 2 is 1.40 bits per heavy atom. The van der Waals surface area contributed by atoms with Crippen molar-refractivity contribution in [2.75, 3.05) is 0 Å². The molecule has 0 spiro atoms. The highest BCUT2D eigenvalue weighted by atomic mass is 15.3. The van der Waals surface area contributed by atoms with Crippen LogP contribution in [0.4, 0.5) is 0 Å². The van der Waals surface area contributed by atoms with Gasteiger partial charge in [0, 0.05) is 18.9 Å². The van der Waals surface area contributed by atoms with Crippen LogP contribution in [0.5, 0.6) is 0 Å². The highest BCUT2D eigenvalue weighted by Crippen LogP contribution is 2.12. The van der Waals surface area contributed by atoms with Gasteiger partial charge in [-0.2, -0.15) is 5.10 Å². The number of aromatic nitrogens is 2. The molecule has 0 aliphatic carbocycles. The topological polar surface area (TPSA) is 17.8 Å². The lowest BCUT2D eigenvalue weighted by atomic mass is 10.0. The first-order valence-corrected chi connectivity index (χ1v) is 7.55. The molecule has 20 heavy (non-hydrogen) atoms. The van der Waals surface area contributed by atoms with Gasteiger partial charge in [0.15, 0.2) is 0 Å². The molecule has 0 fully saturated rings. The molecule has 1 aromatic carbocycles. The summed E-state index contributed by atoms with van der Waals surface area (Å²) in [5.41, 5.74) is 2.70. The largest absolute Gasteiger partial charge is 0.272 e. The van der Waals surface area contributed by atoms with E-state index in [1.165, 1.54) is 11.3 Å². The fourth-order valence-electron chi connectivity index (χ4n) is 1.79. The molecular weight excluding hydrogens is 244 g/mol. The van der Waals surface area contributed by atoms with E-state index in [-0.39, 0.29) is 0 Å². The first kappa shape index (κ1) is 18.4. The van der Waals surface area contributed by atoms with Gasteiger partial charge in [-0.05, 0) is 23.5 Å². The zero-order chi connectivity index (χ0) is 15.5. The van der Waals surface area contributed by atoms with E-state index in [4.69, 9.17) is 0 Å². The van der Waals surface area contributed by atoms with Crippen molar-refractivity contribution in [1.29, 1.82) is 0 Å². The third-order valence-corrected chi connectivity index (χ3v) is 2.92. The van der Waals surface area contributed by atoms with Crippen molar-refractivity contribution in [1.82, 2.24) is 9.78 Å². The number of nitrogens with zero attached hydrogens (tertiary/aromatic N) is 2. The standard InChI is InChI=1S/C9H12.C7H12N2.C2H6/c1-8(2)9-6-4-3-5-7-9;1-6(2)7-4-5-8-9(7)3;1-2/h3-8H,1-2H3;4-6H,1-3H3;1-2H3. The molecule has 0 aliphatic rings. The normalized spacial score (nSPS) is 9.65. The summed E-state index contributed by atoms with van der Waals surface area (Å²) in [4.78, 5) is 0. The molecule has 1 aromatic heterocycles. The van der Waals surface area contributed by atoms with Crippen molar-refractivity contribution in [3.63, 3.8) is 0 Å². The number of hydrogen-bond acceptors (Lipinski definition) is 1. The summed E-state index contributed by atoms with van der Waals surface area (Å²) in [6.45, 7) is 12.7. The van der Waals surface area contributed by atoms with Crippen molar-refractivity contribution in [2.45, 2.75) is 53.4 Å². The van der Waals surface area contributed by atoms with Gasteiger partial charge < -0.3 is 0 Å². The van der Waals surface area contributed by atoms with E-state index in [1.54, 1.807) is 0 Å². The van der Waals surface area contributed by atoms with Crippen LogP contribution in [0, 0.1) is 0 Å². The van der Waals surface area contributed by atoms with Gasteiger partial charge in [0.1, 0.15) is 0 Å².